The van der Waals surface area contributed by atoms with Crippen molar-refractivity contribution in [2.75, 3.05) is 62.8 Å². The molecule has 16 heteroatoms. The Bertz CT molecular complexity index is 1980. The van der Waals surface area contributed by atoms with Gasteiger partial charge in [0.1, 0.15) is 18.1 Å². The molecule has 0 radical (unpaired) electrons. The van der Waals surface area contributed by atoms with Gasteiger partial charge in [0.2, 0.25) is 12.3 Å². The van der Waals surface area contributed by atoms with Gasteiger partial charge in [0.15, 0.2) is 11.6 Å². The van der Waals surface area contributed by atoms with Gasteiger partial charge >= 0.3 is 0 Å². The normalized spacial score (nSPS) is 17.3. The molecule has 3 fully saturated rings. The van der Waals surface area contributed by atoms with Crippen LogP contribution < -0.4 is 30.3 Å². The van der Waals surface area contributed by atoms with E-state index in [1.54, 1.807) is 48.5 Å². The number of amides is 5. The lowest BCUT2D eigenvalue weighted by Gasteiger charge is -2.54. The van der Waals surface area contributed by atoms with Gasteiger partial charge in [0, 0.05) is 43.3 Å². The van der Waals surface area contributed by atoms with Crippen molar-refractivity contribution in [3.63, 3.8) is 0 Å². The van der Waals surface area contributed by atoms with Crippen LogP contribution in [0.3, 0.4) is 0 Å². The first kappa shape index (κ1) is 49.0. The maximum absolute atomic E-state index is 13.2. The Hall–Kier alpha value is -5.06. The maximum atomic E-state index is 13.2. The fraction of sp³-hybridized carbons (Fsp3) is 0.553. The molecular weight excluding hydrogens is 819 g/mol. The Morgan fingerprint density at radius 1 is 0.952 bits per heavy atom. The van der Waals surface area contributed by atoms with E-state index in [0.29, 0.717) is 47.7 Å². The zero-order chi connectivity index (χ0) is 45.2. The molecule has 4 aliphatic rings. The number of carbonyl (C=O) groups excluding carboxylic acids is 5. The number of unbranched alkanes of at least 4 members (excludes halogenated alkanes) is 2. The number of imide groups is 2. The first-order valence-electron chi connectivity index (χ1n) is 22.7. The number of likely N-dealkylation sites (tertiary alicyclic amines) is 1. The van der Waals surface area contributed by atoms with E-state index < -0.39 is 23.8 Å². The van der Waals surface area contributed by atoms with Gasteiger partial charge in [-0.3, -0.25) is 38.9 Å². The molecule has 1 aliphatic carbocycles. The fourth-order valence-corrected chi connectivity index (χ4v) is 9.17. The summed E-state index contributed by atoms with van der Waals surface area (Å²) in [6.45, 7) is 11.0. The average molecular weight is 886 g/mol. The van der Waals surface area contributed by atoms with Crippen molar-refractivity contribution >= 4 is 53.5 Å². The summed E-state index contributed by atoms with van der Waals surface area (Å²) in [5.74, 6) is -0.301. The number of para-hydroxylation sites is 1. The first-order valence-corrected chi connectivity index (χ1v) is 24.0. The topological polar surface area (TPSA) is 178 Å². The number of hydrogen-bond acceptors (Lipinski definition) is 13. The zero-order valence-corrected chi connectivity index (χ0v) is 38.6. The van der Waals surface area contributed by atoms with E-state index in [-0.39, 0.29) is 29.9 Å². The Morgan fingerprint density at radius 2 is 1.67 bits per heavy atom. The molecule has 63 heavy (non-hydrogen) atoms. The van der Waals surface area contributed by atoms with E-state index in [2.05, 4.69) is 53.7 Å². The third kappa shape index (κ3) is 13.0. The van der Waals surface area contributed by atoms with Crippen LogP contribution in [0.5, 0.6) is 11.5 Å². The highest BCUT2D eigenvalue weighted by molar-refractivity contribution is 7.96. The summed E-state index contributed by atoms with van der Waals surface area (Å²) in [5.41, 5.74) is 1.89. The molecule has 1 saturated carbocycles. The lowest BCUT2D eigenvalue weighted by atomic mass is 9.72. The van der Waals surface area contributed by atoms with E-state index in [9.17, 15) is 24.0 Å². The lowest BCUT2D eigenvalue weighted by molar-refractivity contribution is -0.128. The molecule has 4 heterocycles. The van der Waals surface area contributed by atoms with Crippen molar-refractivity contribution in [3.05, 3.63) is 71.7 Å². The minimum absolute atomic E-state index is 0.222. The van der Waals surface area contributed by atoms with Crippen LogP contribution in [-0.4, -0.2) is 114 Å². The number of anilines is 2. The molecule has 15 nitrogen and oxygen atoms in total. The molecule has 1 aromatic heterocycles. The van der Waals surface area contributed by atoms with Gasteiger partial charge in [0.25, 0.3) is 17.7 Å². The number of nitrogens with zero attached hydrogens (tertiary/aromatic N) is 5. The standard InChI is InChI=1S/C38H46N8O6.C7H15NS.C2H6/c1-3-9-30(35(49)43-25-47)46-36(50)27-13-12-26(20-29(27)37(46)51)40-16-7-4-8-17-41-34(48)28-10-5-6-11-31(28)52-32-21-39-24-42-33(32)45-22-38(23-45)14-18-44(2)19-15-38;1-9-8-7-5-3-2-4-6-7;1-2/h5-6,10-13,20-21,24-25,30,40H,3-4,7-9,14-19,22-23H2,1-2H3,(H,41,48)(H,43,47,49);7-8H,2-6H2,1H3;1-2H3. The van der Waals surface area contributed by atoms with Gasteiger partial charge in [-0.15, -0.1) is 0 Å². The molecule has 1 unspecified atom stereocenters. The second kappa shape index (κ2) is 24.7. The van der Waals surface area contributed by atoms with Gasteiger partial charge in [-0.2, -0.15) is 0 Å². The third-order valence-electron chi connectivity index (χ3n) is 12.1. The van der Waals surface area contributed by atoms with Gasteiger partial charge in [0.05, 0.1) is 22.9 Å². The quantitative estimate of drug-likeness (QED) is 0.0442. The predicted molar refractivity (Wildman–Crippen MR) is 249 cm³/mol. The molecule has 2 aromatic carbocycles. The van der Waals surface area contributed by atoms with E-state index >= 15 is 0 Å². The Balaban J connectivity index is 0.000000599. The highest BCUT2D eigenvalue weighted by Gasteiger charge is 2.46. The van der Waals surface area contributed by atoms with Crippen molar-refractivity contribution < 1.29 is 28.7 Å². The maximum Gasteiger partial charge on any atom is 0.262 e. The minimum Gasteiger partial charge on any atom is -0.451 e. The van der Waals surface area contributed by atoms with Crippen LogP contribution in [0.4, 0.5) is 11.5 Å². The van der Waals surface area contributed by atoms with Crippen LogP contribution in [-0.2, 0) is 9.59 Å². The number of benzene rings is 2. The number of fused-ring (bicyclic) bond motifs is 1. The Labute approximate surface area is 377 Å². The number of aromatic nitrogens is 2. The number of ether oxygens (including phenoxy) is 1. The van der Waals surface area contributed by atoms with Crippen molar-refractivity contribution in [1.82, 2.24) is 35.1 Å². The number of piperidine rings is 1. The molecule has 2 saturated heterocycles. The Kier molecular flexibility index (Phi) is 19.2. The number of hydrogen-bond donors (Lipinski definition) is 4. The number of carbonyl (C=O) groups is 5. The molecule has 1 spiro atoms. The van der Waals surface area contributed by atoms with E-state index in [1.807, 2.05) is 32.9 Å². The van der Waals surface area contributed by atoms with Gasteiger partial charge in [-0.05, 0) is 108 Å². The molecule has 3 aliphatic heterocycles. The summed E-state index contributed by atoms with van der Waals surface area (Å²) < 4.78 is 9.69. The SMILES string of the molecule is CC.CCCC(C(=O)NC=O)N1C(=O)c2ccc(NCCCCCNC(=O)c3ccccc3Oc3cncnc3N3CC4(CCN(C)CC4)C3)cc2C1=O.CSNC1CCCCC1. The predicted octanol–water partition coefficient (Wildman–Crippen LogP) is 7.06. The minimum atomic E-state index is -1.06. The summed E-state index contributed by atoms with van der Waals surface area (Å²) in [4.78, 5) is 77.0. The largest absolute Gasteiger partial charge is 0.451 e. The highest BCUT2D eigenvalue weighted by Crippen LogP contribution is 2.44. The summed E-state index contributed by atoms with van der Waals surface area (Å²) in [5, 5.41) is 8.36. The molecule has 3 aromatic rings. The van der Waals surface area contributed by atoms with E-state index in [4.69, 9.17) is 4.74 Å². The van der Waals surface area contributed by atoms with Crippen LogP contribution in [0, 0.1) is 5.41 Å². The smallest absolute Gasteiger partial charge is 0.262 e. The fourth-order valence-electron chi connectivity index (χ4n) is 8.61. The summed E-state index contributed by atoms with van der Waals surface area (Å²) in [7, 11) is 2.17. The molecule has 0 bridgehead atoms. The van der Waals surface area contributed by atoms with Crippen LogP contribution in [0.1, 0.15) is 129 Å². The van der Waals surface area contributed by atoms with Crippen molar-refractivity contribution in [2.45, 2.75) is 110 Å². The first-order chi connectivity index (χ1) is 30.7. The molecule has 342 valence electrons. The summed E-state index contributed by atoms with van der Waals surface area (Å²) in [6, 6.07) is 11.9. The van der Waals surface area contributed by atoms with Crippen LogP contribution in [0.25, 0.3) is 0 Å². The summed E-state index contributed by atoms with van der Waals surface area (Å²) in [6.07, 6.45) is 18.2. The number of nitrogens with one attached hydrogen (secondary N) is 4. The second-order valence-corrected chi connectivity index (χ2v) is 17.2. The van der Waals surface area contributed by atoms with Crippen LogP contribution in [0.15, 0.2) is 55.0 Å². The van der Waals surface area contributed by atoms with Gasteiger partial charge in [-0.25, -0.2) is 9.97 Å². The molecule has 1 atom stereocenters. The molecule has 4 N–H and O–H groups in total. The lowest BCUT2D eigenvalue weighted by Crippen LogP contribution is -2.60. The van der Waals surface area contributed by atoms with E-state index in [1.165, 1.54) is 51.3 Å². The average Bonchev–Trinajstić information content (AvgIpc) is 3.54. The van der Waals surface area contributed by atoms with Crippen LogP contribution in [0.2, 0.25) is 0 Å². The monoisotopic (exact) mass is 885 g/mol. The van der Waals surface area contributed by atoms with Crippen LogP contribution >= 0.6 is 11.9 Å². The van der Waals surface area contributed by atoms with Gasteiger partial charge in [-0.1, -0.05) is 70.5 Å². The highest BCUT2D eigenvalue weighted by atomic mass is 32.2. The molecule has 7 rings (SSSR count). The van der Waals surface area contributed by atoms with E-state index in [0.717, 1.165) is 62.2 Å². The van der Waals surface area contributed by atoms with Crippen molar-refractivity contribution in [3.8, 4) is 11.5 Å². The van der Waals surface area contributed by atoms with Crippen molar-refractivity contribution in [2.24, 2.45) is 5.41 Å². The Morgan fingerprint density at radius 3 is 2.38 bits per heavy atom. The zero-order valence-electron chi connectivity index (χ0n) is 37.7. The third-order valence-corrected chi connectivity index (χ3v) is 12.6. The summed E-state index contributed by atoms with van der Waals surface area (Å²) >= 11 is 1.76. The second-order valence-electron chi connectivity index (χ2n) is 16.5. The molecular formula is C47H67N9O6S. The number of rotatable bonds is 18. The molecule has 5 amide bonds. The van der Waals surface area contributed by atoms with Crippen molar-refractivity contribution in [1.29, 1.82) is 0 Å². The van der Waals surface area contributed by atoms with Gasteiger partial charge < -0.3 is 25.2 Å².